The van der Waals surface area contributed by atoms with Crippen LogP contribution in [-0.2, 0) is 11.3 Å². The number of carbonyl (C=O) groups excluding carboxylic acids is 3. The summed E-state index contributed by atoms with van der Waals surface area (Å²) in [5.74, 6) is -2.60. The number of aryl methyl sites for hydroxylation is 2. The number of hydrogen-bond donors (Lipinski definition) is 5. The third kappa shape index (κ3) is 6.67. The van der Waals surface area contributed by atoms with E-state index in [2.05, 4.69) is 16.0 Å². The monoisotopic (exact) mass is 495 g/mol. The van der Waals surface area contributed by atoms with Gasteiger partial charge in [-0.05, 0) is 66.2 Å². The topological polar surface area (TPSA) is 145 Å². The summed E-state index contributed by atoms with van der Waals surface area (Å²) in [6, 6.07) is 9.90. The van der Waals surface area contributed by atoms with Crippen LogP contribution in [0.5, 0.6) is 5.75 Å². The molecule has 1 atom stereocenters. The van der Waals surface area contributed by atoms with Gasteiger partial charge in [-0.2, -0.15) is 11.3 Å². The number of nitrogens with one attached hydrogen (secondary N) is 3. The lowest BCUT2D eigenvalue weighted by atomic mass is 9.98. The van der Waals surface area contributed by atoms with Crippen LogP contribution in [-0.4, -0.2) is 46.5 Å². The quantitative estimate of drug-likeness (QED) is 0.309. The fraction of sp³-hybridized carbons (Fsp3) is 0.200. The lowest BCUT2D eigenvalue weighted by molar-refractivity contribution is -0.139. The second-order valence-electron chi connectivity index (χ2n) is 7.92. The van der Waals surface area contributed by atoms with E-state index < -0.39 is 23.8 Å². The number of phenols is 1. The van der Waals surface area contributed by atoms with Crippen LogP contribution in [0, 0.1) is 13.8 Å². The van der Waals surface area contributed by atoms with Crippen LogP contribution in [0.15, 0.2) is 53.2 Å². The van der Waals surface area contributed by atoms with Crippen LogP contribution in [0.1, 0.15) is 47.8 Å². The predicted molar refractivity (Wildman–Crippen MR) is 131 cm³/mol. The van der Waals surface area contributed by atoms with Crippen molar-refractivity contribution in [2.75, 3.05) is 6.54 Å². The summed E-state index contributed by atoms with van der Waals surface area (Å²) in [5, 5.41) is 30.1. The van der Waals surface area contributed by atoms with Crippen LogP contribution in [0.3, 0.4) is 0 Å². The number of aromatic hydroxyl groups is 1. The lowest BCUT2D eigenvalue weighted by Gasteiger charge is -2.18. The van der Waals surface area contributed by atoms with Gasteiger partial charge < -0.3 is 26.2 Å². The zero-order valence-electron chi connectivity index (χ0n) is 19.1. The highest BCUT2D eigenvalue weighted by Crippen LogP contribution is 2.18. The van der Waals surface area contributed by atoms with Gasteiger partial charge in [0.15, 0.2) is 0 Å². The number of carboxylic acids is 1. The van der Waals surface area contributed by atoms with Crippen molar-refractivity contribution in [3.63, 3.8) is 0 Å². The summed E-state index contributed by atoms with van der Waals surface area (Å²) in [7, 11) is 0. The van der Waals surface area contributed by atoms with Crippen LogP contribution < -0.4 is 16.0 Å². The van der Waals surface area contributed by atoms with Crippen LogP contribution >= 0.6 is 11.3 Å². The van der Waals surface area contributed by atoms with Gasteiger partial charge in [-0.15, -0.1) is 0 Å². The van der Waals surface area contributed by atoms with E-state index in [9.17, 15) is 29.4 Å². The molecule has 2 aromatic carbocycles. The van der Waals surface area contributed by atoms with Crippen molar-refractivity contribution in [1.29, 1.82) is 0 Å². The Balaban J connectivity index is 1.66. The highest BCUT2D eigenvalue weighted by Gasteiger charge is 2.24. The summed E-state index contributed by atoms with van der Waals surface area (Å²) in [6.07, 6.45) is 0. The number of phenolic OH excluding ortho intramolecular Hbond substituents is 1. The standard InChI is InChI=1S/C25H25N3O6S/c1-14-8-18(23(31)26-11-16-4-3-5-19(29)10-16)9-15(2)21(14)24(32)28-20(25(33)34)12-27-22(30)17-6-7-35-13-17/h3-10,13,20,29H,11-12H2,1-2H3,(H,26,31)(H,27,30)(H,28,32)(H,33,34)/t20-/m0/s1. The fourth-order valence-corrected chi connectivity index (χ4v) is 4.16. The van der Waals surface area contributed by atoms with Crippen molar-refractivity contribution in [2.24, 2.45) is 0 Å². The molecule has 0 spiro atoms. The largest absolute Gasteiger partial charge is 0.508 e. The Labute approximate surface area is 205 Å². The van der Waals surface area contributed by atoms with Crippen molar-refractivity contribution >= 4 is 35.0 Å². The van der Waals surface area contributed by atoms with Gasteiger partial charge in [0.2, 0.25) is 0 Å². The summed E-state index contributed by atoms with van der Waals surface area (Å²) in [6.45, 7) is 3.23. The van der Waals surface area contributed by atoms with Gasteiger partial charge in [-0.1, -0.05) is 12.1 Å². The smallest absolute Gasteiger partial charge is 0.328 e. The van der Waals surface area contributed by atoms with E-state index >= 15 is 0 Å². The van der Waals surface area contributed by atoms with Gasteiger partial charge in [0.25, 0.3) is 17.7 Å². The number of amides is 3. The third-order valence-electron chi connectivity index (χ3n) is 5.24. The first-order chi connectivity index (χ1) is 16.7. The molecule has 0 radical (unpaired) electrons. The lowest BCUT2D eigenvalue weighted by Crippen LogP contribution is -2.48. The van der Waals surface area contributed by atoms with E-state index in [1.165, 1.54) is 17.4 Å². The Morgan fingerprint density at radius 2 is 1.60 bits per heavy atom. The maximum atomic E-state index is 12.9. The van der Waals surface area contributed by atoms with E-state index in [0.717, 1.165) is 5.56 Å². The van der Waals surface area contributed by atoms with Gasteiger partial charge in [-0.3, -0.25) is 14.4 Å². The van der Waals surface area contributed by atoms with Crippen LogP contribution in [0.25, 0.3) is 0 Å². The molecule has 0 aliphatic carbocycles. The van der Waals surface area contributed by atoms with Gasteiger partial charge in [0.05, 0.1) is 0 Å². The van der Waals surface area contributed by atoms with E-state index in [1.807, 2.05) is 0 Å². The highest BCUT2D eigenvalue weighted by molar-refractivity contribution is 7.08. The molecule has 35 heavy (non-hydrogen) atoms. The average molecular weight is 496 g/mol. The molecule has 9 nitrogen and oxygen atoms in total. The summed E-state index contributed by atoms with van der Waals surface area (Å²) < 4.78 is 0. The summed E-state index contributed by atoms with van der Waals surface area (Å²) in [4.78, 5) is 49.3. The van der Waals surface area contributed by atoms with Gasteiger partial charge in [0.1, 0.15) is 11.8 Å². The molecular weight excluding hydrogens is 470 g/mol. The minimum absolute atomic E-state index is 0.101. The van der Waals surface area contributed by atoms with Crippen molar-refractivity contribution in [2.45, 2.75) is 26.4 Å². The first-order valence-electron chi connectivity index (χ1n) is 10.7. The molecule has 1 aromatic heterocycles. The molecule has 0 aliphatic rings. The van der Waals surface area contributed by atoms with E-state index in [1.54, 1.807) is 61.0 Å². The van der Waals surface area contributed by atoms with Gasteiger partial charge in [0, 0.05) is 35.2 Å². The molecule has 182 valence electrons. The minimum atomic E-state index is -1.34. The Morgan fingerprint density at radius 1 is 0.914 bits per heavy atom. The summed E-state index contributed by atoms with van der Waals surface area (Å²) in [5.41, 5.74) is 2.73. The maximum Gasteiger partial charge on any atom is 0.328 e. The molecule has 0 unspecified atom stereocenters. The molecule has 0 fully saturated rings. The number of carbonyl (C=O) groups is 4. The first-order valence-corrected chi connectivity index (χ1v) is 11.6. The van der Waals surface area contributed by atoms with Crippen molar-refractivity contribution in [1.82, 2.24) is 16.0 Å². The normalized spacial score (nSPS) is 11.4. The Morgan fingerprint density at radius 3 is 2.20 bits per heavy atom. The van der Waals surface area contributed by atoms with E-state index in [-0.39, 0.29) is 30.3 Å². The van der Waals surface area contributed by atoms with Crippen molar-refractivity contribution in [3.05, 3.63) is 86.6 Å². The molecule has 0 aliphatic heterocycles. The minimum Gasteiger partial charge on any atom is -0.508 e. The van der Waals surface area contributed by atoms with Crippen LogP contribution in [0.2, 0.25) is 0 Å². The van der Waals surface area contributed by atoms with Gasteiger partial charge >= 0.3 is 5.97 Å². The molecule has 1 heterocycles. The number of aliphatic carboxylic acids is 1. The number of carboxylic acid groups (broad SMARTS) is 1. The number of hydrogen-bond acceptors (Lipinski definition) is 6. The molecule has 0 saturated carbocycles. The number of rotatable bonds is 9. The molecule has 0 bridgehead atoms. The molecular formula is C25H25N3O6S. The fourth-order valence-electron chi connectivity index (χ4n) is 3.52. The van der Waals surface area contributed by atoms with Crippen LogP contribution in [0.4, 0.5) is 0 Å². The predicted octanol–water partition coefficient (Wildman–Crippen LogP) is 2.61. The molecule has 3 amide bonds. The van der Waals surface area contributed by atoms with Crippen molar-refractivity contribution in [3.8, 4) is 5.75 Å². The Bertz CT molecular complexity index is 1230. The van der Waals surface area contributed by atoms with Gasteiger partial charge in [-0.25, -0.2) is 4.79 Å². The molecule has 5 N–H and O–H groups in total. The SMILES string of the molecule is Cc1cc(C(=O)NCc2cccc(O)c2)cc(C)c1C(=O)N[C@@H](CNC(=O)c1ccsc1)C(=O)O. The maximum absolute atomic E-state index is 12.9. The zero-order chi connectivity index (χ0) is 25.5. The Hall–Kier alpha value is -4.18. The third-order valence-corrected chi connectivity index (χ3v) is 5.92. The van der Waals surface area contributed by atoms with E-state index in [0.29, 0.717) is 22.3 Å². The Kier molecular flexibility index (Phi) is 8.21. The zero-order valence-corrected chi connectivity index (χ0v) is 19.9. The average Bonchev–Trinajstić information content (AvgIpc) is 3.34. The molecule has 3 rings (SSSR count). The number of thiophene rings is 1. The molecule has 10 heteroatoms. The second-order valence-corrected chi connectivity index (χ2v) is 8.70. The molecule has 0 saturated heterocycles. The van der Waals surface area contributed by atoms with E-state index in [4.69, 9.17) is 0 Å². The second kappa shape index (κ2) is 11.3. The highest BCUT2D eigenvalue weighted by atomic mass is 32.1. The molecule has 3 aromatic rings. The first kappa shape index (κ1) is 25.4. The van der Waals surface area contributed by atoms with Crippen molar-refractivity contribution < 1.29 is 29.4 Å². The number of benzene rings is 2. The summed E-state index contributed by atoms with van der Waals surface area (Å²) >= 11 is 1.34.